The number of hydrogen-bond donors (Lipinski definition) is 3. The summed E-state index contributed by atoms with van der Waals surface area (Å²) < 4.78 is 3.54. The van der Waals surface area contributed by atoms with Gasteiger partial charge in [0.15, 0.2) is 5.65 Å². The number of hydrogen-bond acceptors (Lipinski definition) is 7. The maximum Gasteiger partial charge on any atom is 0.163 e. The molecule has 1 saturated carbocycles. The Morgan fingerprint density at radius 1 is 1.33 bits per heavy atom. The van der Waals surface area contributed by atoms with Crippen molar-refractivity contribution in [2.24, 2.45) is 5.92 Å². The van der Waals surface area contributed by atoms with Crippen LogP contribution in [0.2, 0.25) is 0 Å². The van der Waals surface area contributed by atoms with Crippen LogP contribution < -0.4 is 11.1 Å². The number of nitrogens with zero attached hydrogens (tertiary/aromatic N) is 6. The highest BCUT2D eigenvalue weighted by atomic mass is 16.3. The Morgan fingerprint density at radius 2 is 2.17 bits per heavy atom. The van der Waals surface area contributed by atoms with Gasteiger partial charge in [0.1, 0.15) is 23.3 Å². The first kappa shape index (κ1) is 20.2. The van der Waals surface area contributed by atoms with E-state index in [2.05, 4.69) is 33.5 Å². The SMILES string of the molecule is CCCc1c(C)nn2c(N)c(C#N)c(NCCc3ccn(C4CCC4CO)n3)nc12. The number of aliphatic hydroxyl groups is 1. The minimum atomic E-state index is 0.210. The predicted molar refractivity (Wildman–Crippen MR) is 114 cm³/mol. The van der Waals surface area contributed by atoms with Crippen LogP contribution in [0.5, 0.6) is 0 Å². The Bertz CT molecular complexity index is 1090. The molecule has 1 fully saturated rings. The van der Waals surface area contributed by atoms with Crippen LogP contribution in [0.25, 0.3) is 5.65 Å². The number of nitriles is 1. The molecule has 0 aliphatic heterocycles. The first-order chi connectivity index (χ1) is 14.6. The van der Waals surface area contributed by atoms with Crippen LogP contribution in [0.3, 0.4) is 0 Å². The molecular formula is C21H28N8O. The molecule has 1 aliphatic rings. The van der Waals surface area contributed by atoms with Crippen molar-refractivity contribution in [1.82, 2.24) is 24.4 Å². The Morgan fingerprint density at radius 3 is 2.83 bits per heavy atom. The van der Waals surface area contributed by atoms with Crippen molar-refractivity contribution in [3.8, 4) is 6.07 Å². The fourth-order valence-corrected chi connectivity index (χ4v) is 4.12. The summed E-state index contributed by atoms with van der Waals surface area (Å²) in [5.41, 5.74) is 10.2. The van der Waals surface area contributed by atoms with Gasteiger partial charge in [-0.1, -0.05) is 13.3 Å². The van der Waals surface area contributed by atoms with E-state index < -0.39 is 0 Å². The third kappa shape index (κ3) is 3.48. The second kappa shape index (κ2) is 8.32. The number of rotatable bonds is 8. The monoisotopic (exact) mass is 408 g/mol. The van der Waals surface area contributed by atoms with Crippen molar-refractivity contribution < 1.29 is 5.11 Å². The average Bonchev–Trinajstić information content (AvgIpc) is 3.27. The second-order valence-corrected chi connectivity index (χ2v) is 7.93. The number of anilines is 2. The van der Waals surface area contributed by atoms with Crippen LogP contribution in [0, 0.1) is 24.2 Å². The summed E-state index contributed by atoms with van der Waals surface area (Å²) in [4.78, 5) is 4.69. The minimum Gasteiger partial charge on any atom is -0.396 e. The molecule has 0 amide bonds. The van der Waals surface area contributed by atoms with E-state index in [1.54, 1.807) is 4.52 Å². The van der Waals surface area contributed by atoms with E-state index in [9.17, 15) is 10.4 Å². The molecule has 3 aromatic heterocycles. The van der Waals surface area contributed by atoms with E-state index in [-0.39, 0.29) is 6.61 Å². The van der Waals surface area contributed by atoms with E-state index in [1.165, 1.54) is 0 Å². The number of aromatic nitrogens is 5. The Balaban J connectivity index is 1.50. The lowest BCUT2D eigenvalue weighted by atomic mass is 9.80. The molecule has 9 nitrogen and oxygen atoms in total. The fourth-order valence-electron chi connectivity index (χ4n) is 4.12. The number of nitrogen functional groups attached to an aromatic ring is 1. The van der Waals surface area contributed by atoms with Crippen LogP contribution in [0.15, 0.2) is 12.3 Å². The van der Waals surface area contributed by atoms with Gasteiger partial charge in [-0.05, 0) is 32.3 Å². The second-order valence-electron chi connectivity index (χ2n) is 7.93. The number of fused-ring (bicyclic) bond motifs is 1. The van der Waals surface area contributed by atoms with Crippen LogP contribution >= 0.6 is 0 Å². The molecule has 2 unspecified atom stereocenters. The standard InChI is InChI=1S/C21H28N8O/c1-3-4-16-13(2)26-29-19(23)17(11-22)20(25-21(16)29)24-9-7-15-8-10-28(27-15)18-6-5-14(18)12-30/h8,10,14,18,30H,3-7,9,12,23H2,1-2H3,(H,24,25). The lowest BCUT2D eigenvalue weighted by Crippen LogP contribution is -2.31. The van der Waals surface area contributed by atoms with Crippen molar-refractivity contribution in [3.63, 3.8) is 0 Å². The Kier molecular flexibility index (Phi) is 5.59. The normalized spacial score (nSPS) is 18.3. The molecule has 2 atom stereocenters. The van der Waals surface area contributed by atoms with Gasteiger partial charge in [-0.25, -0.2) is 4.98 Å². The maximum absolute atomic E-state index is 9.61. The van der Waals surface area contributed by atoms with Gasteiger partial charge in [0.2, 0.25) is 0 Å². The lowest BCUT2D eigenvalue weighted by molar-refractivity contribution is 0.0892. The molecule has 3 heterocycles. The molecule has 0 bridgehead atoms. The topological polar surface area (TPSA) is 130 Å². The summed E-state index contributed by atoms with van der Waals surface area (Å²) >= 11 is 0. The molecule has 1 aliphatic carbocycles. The first-order valence-electron chi connectivity index (χ1n) is 10.5. The molecule has 0 radical (unpaired) electrons. The Labute approximate surface area is 175 Å². The molecule has 4 N–H and O–H groups in total. The number of aliphatic hydroxyl groups excluding tert-OH is 1. The van der Waals surface area contributed by atoms with Gasteiger partial charge in [0.25, 0.3) is 0 Å². The first-order valence-corrected chi connectivity index (χ1v) is 10.5. The fraction of sp³-hybridized carbons (Fsp3) is 0.524. The molecule has 4 rings (SSSR count). The Hall–Kier alpha value is -3.12. The van der Waals surface area contributed by atoms with Crippen molar-refractivity contribution in [3.05, 3.63) is 34.8 Å². The zero-order valence-electron chi connectivity index (χ0n) is 17.5. The van der Waals surface area contributed by atoms with Crippen LogP contribution in [0.1, 0.15) is 54.7 Å². The summed E-state index contributed by atoms with van der Waals surface area (Å²) in [5.74, 6) is 1.10. The maximum atomic E-state index is 9.61. The zero-order chi connectivity index (χ0) is 21.3. The van der Waals surface area contributed by atoms with Gasteiger partial charge in [-0.2, -0.15) is 20.0 Å². The number of aryl methyl sites for hydroxylation is 2. The highest BCUT2D eigenvalue weighted by Crippen LogP contribution is 2.37. The number of nitrogens with one attached hydrogen (secondary N) is 1. The minimum absolute atomic E-state index is 0.210. The molecular weight excluding hydrogens is 380 g/mol. The summed E-state index contributed by atoms with van der Waals surface area (Å²) in [5, 5.41) is 31.4. The van der Waals surface area contributed by atoms with E-state index in [1.807, 2.05) is 23.9 Å². The van der Waals surface area contributed by atoms with Gasteiger partial charge < -0.3 is 16.2 Å². The van der Waals surface area contributed by atoms with Crippen LogP contribution in [0.4, 0.5) is 11.6 Å². The van der Waals surface area contributed by atoms with Gasteiger partial charge in [-0.3, -0.25) is 4.68 Å². The molecule has 0 spiro atoms. The molecule has 3 aromatic rings. The molecule has 9 heteroatoms. The van der Waals surface area contributed by atoms with Crippen LogP contribution in [-0.4, -0.2) is 42.6 Å². The van der Waals surface area contributed by atoms with Gasteiger partial charge in [-0.15, -0.1) is 0 Å². The predicted octanol–water partition coefficient (Wildman–Crippen LogP) is 2.24. The van der Waals surface area contributed by atoms with Crippen molar-refractivity contribution in [2.45, 2.75) is 52.0 Å². The molecule has 158 valence electrons. The van der Waals surface area contributed by atoms with Crippen molar-refractivity contribution in [2.75, 3.05) is 24.2 Å². The largest absolute Gasteiger partial charge is 0.396 e. The smallest absolute Gasteiger partial charge is 0.163 e. The highest BCUT2D eigenvalue weighted by molar-refractivity contribution is 5.69. The average molecular weight is 409 g/mol. The quantitative estimate of drug-likeness (QED) is 0.521. The van der Waals surface area contributed by atoms with E-state index in [4.69, 9.17) is 5.73 Å². The van der Waals surface area contributed by atoms with E-state index >= 15 is 0 Å². The molecule has 0 saturated heterocycles. The number of nitrogens with two attached hydrogens (primary N) is 1. The molecule has 30 heavy (non-hydrogen) atoms. The highest BCUT2D eigenvalue weighted by Gasteiger charge is 2.32. The summed E-state index contributed by atoms with van der Waals surface area (Å²) in [6.45, 7) is 4.85. The summed E-state index contributed by atoms with van der Waals surface area (Å²) in [6.07, 6.45) is 6.63. The van der Waals surface area contributed by atoms with Gasteiger partial charge in [0.05, 0.1) is 17.4 Å². The molecule has 0 aromatic carbocycles. The van der Waals surface area contributed by atoms with E-state index in [0.29, 0.717) is 47.8 Å². The van der Waals surface area contributed by atoms with Crippen molar-refractivity contribution >= 4 is 17.3 Å². The zero-order valence-corrected chi connectivity index (χ0v) is 17.5. The van der Waals surface area contributed by atoms with Crippen LogP contribution in [-0.2, 0) is 12.8 Å². The third-order valence-electron chi connectivity index (χ3n) is 6.00. The summed E-state index contributed by atoms with van der Waals surface area (Å²) in [6, 6.07) is 4.46. The third-order valence-corrected chi connectivity index (χ3v) is 6.00. The lowest BCUT2D eigenvalue weighted by Gasteiger charge is -2.35. The van der Waals surface area contributed by atoms with Crippen molar-refractivity contribution in [1.29, 1.82) is 5.26 Å². The van der Waals surface area contributed by atoms with E-state index in [0.717, 1.165) is 42.6 Å². The van der Waals surface area contributed by atoms with Gasteiger partial charge >= 0.3 is 0 Å². The van der Waals surface area contributed by atoms with Gasteiger partial charge in [0, 0.05) is 37.3 Å². The summed E-state index contributed by atoms with van der Waals surface area (Å²) in [7, 11) is 0.